The molecule has 12 nitrogen and oxygen atoms in total. The van der Waals surface area contributed by atoms with Crippen molar-refractivity contribution < 1.29 is 18.3 Å². The van der Waals surface area contributed by atoms with Crippen molar-refractivity contribution in [3.8, 4) is 16.9 Å². The van der Waals surface area contributed by atoms with Gasteiger partial charge in [-0.15, -0.1) is 0 Å². The van der Waals surface area contributed by atoms with Gasteiger partial charge in [0.15, 0.2) is 17.0 Å². The third-order valence-electron chi connectivity index (χ3n) is 6.86. The minimum atomic E-state index is -2.76. The van der Waals surface area contributed by atoms with Crippen molar-refractivity contribution in [3.05, 3.63) is 79.0 Å². The number of anilines is 2. The summed E-state index contributed by atoms with van der Waals surface area (Å²) in [5, 5.41) is 7.08. The van der Waals surface area contributed by atoms with Crippen molar-refractivity contribution >= 4 is 34.4 Å². The molecule has 0 aliphatic carbocycles. The highest BCUT2D eigenvalue weighted by Gasteiger charge is 2.21. The summed E-state index contributed by atoms with van der Waals surface area (Å²) < 4.78 is 34.0. The number of aromatic nitrogens is 7. The molecular formula is C28H26F2N10O2. The number of imidazole rings is 1. The zero-order valence-electron chi connectivity index (χ0n) is 22.3. The molecule has 1 aliphatic heterocycles. The van der Waals surface area contributed by atoms with E-state index >= 15 is 0 Å². The zero-order chi connectivity index (χ0) is 29.2. The maximum Gasteiger partial charge on any atom is 0.333 e. The van der Waals surface area contributed by atoms with E-state index < -0.39 is 12.5 Å². The van der Waals surface area contributed by atoms with E-state index in [0.717, 1.165) is 16.8 Å². The van der Waals surface area contributed by atoms with E-state index in [1.165, 1.54) is 18.7 Å². The third kappa shape index (κ3) is 5.39. The van der Waals surface area contributed by atoms with Crippen LogP contribution < -0.4 is 16.0 Å². The maximum absolute atomic E-state index is 13.2. The van der Waals surface area contributed by atoms with Crippen LogP contribution in [-0.4, -0.2) is 66.5 Å². The SMILES string of the molecule is C=C(C(N)=O)c1ccc(-c2ccc(CNc3nc(N4CCOCC4)nc4c3ncn4-c3cnn(C(F)F)c3)cn2)cc1. The lowest BCUT2D eigenvalue weighted by Crippen LogP contribution is -2.37. The Morgan fingerprint density at radius 3 is 2.52 bits per heavy atom. The van der Waals surface area contributed by atoms with Gasteiger partial charge in [-0.3, -0.25) is 14.3 Å². The van der Waals surface area contributed by atoms with Gasteiger partial charge < -0.3 is 20.7 Å². The van der Waals surface area contributed by atoms with Gasteiger partial charge in [0.05, 0.1) is 37.0 Å². The van der Waals surface area contributed by atoms with Crippen molar-refractivity contribution in [2.24, 2.45) is 5.73 Å². The fraction of sp³-hybridized carbons (Fsp3) is 0.214. The normalized spacial score (nSPS) is 13.5. The monoisotopic (exact) mass is 572 g/mol. The van der Waals surface area contributed by atoms with Gasteiger partial charge in [-0.05, 0) is 17.2 Å². The number of nitrogens with one attached hydrogen (secondary N) is 1. The van der Waals surface area contributed by atoms with Crippen LogP contribution in [0.1, 0.15) is 17.7 Å². The number of hydrogen-bond acceptors (Lipinski definition) is 9. The standard InChI is InChI=1S/C28H26F2N10O2/c1-17(24(31)41)19-3-5-20(6-4-19)22-7-2-18(12-32-22)13-33-25-23-26(37-28(36-25)38-8-10-42-11-9-38)39(16-34-23)21-14-35-40(15-21)27(29)30/h2-7,12,14-16,27H,1,8-11,13H2,(H2,31,41)(H,33,36,37). The zero-order valence-corrected chi connectivity index (χ0v) is 22.3. The quantitative estimate of drug-likeness (QED) is 0.254. The van der Waals surface area contributed by atoms with Crippen molar-refractivity contribution in [2.45, 2.75) is 13.1 Å². The molecule has 1 aromatic carbocycles. The van der Waals surface area contributed by atoms with Crippen LogP contribution in [0.2, 0.25) is 0 Å². The number of carbonyl (C=O) groups excluding carboxylic acids is 1. The Kier molecular flexibility index (Phi) is 7.27. The number of halogens is 2. The van der Waals surface area contributed by atoms with Crippen LogP contribution in [0.5, 0.6) is 0 Å². The summed E-state index contributed by atoms with van der Waals surface area (Å²) in [5.41, 5.74) is 10.1. The van der Waals surface area contributed by atoms with Gasteiger partial charge in [0.2, 0.25) is 11.9 Å². The Labute approximate surface area is 238 Å². The lowest BCUT2D eigenvalue weighted by atomic mass is 10.0. The van der Waals surface area contributed by atoms with Crippen molar-refractivity contribution in [1.82, 2.24) is 34.3 Å². The fourth-order valence-electron chi connectivity index (χ4n) is 4.53. The molecule has 14 heteroatoms. The number of amides is 1. The van der Waals surface area contributed by atoms with Crippen LogP contribution in [0.15, 0.2) is 67.9 Å². The number of hydrogen-bond donors (Lipinski definition) is 2. The summed E-state index contributed by atoms with van der Waals surface area (Å²) in [7, 11) is 0. The Morgan fingerprint density at radius 2 is 1.86 bits per heavy atom. The summed E-state index contributed by atoms with van der Waals surface area (Å²) in [6.07, 6.45) is 5.86. The van der Waals surface area contributed by atoms with Crippen molar-refractivity contribution in [2.75, 3.05) is 36.5 Å². The summed E-state index contributed by atoms with van der Waals surface area (Å²) in [5.74, 6) is 0.411. The number of nitrogens with two attached hydrogens (primary N) is 1. The second-order valence-corrected chi connectivity index (χ2v) is 9.54. The highest BCUT2D eigenvalue weighted by molar-refractivity contribution is 6.17. The molecule has 5 aromatic rings. The third-order valence-corrected chi connectivity index (χ3v) is 6.86. The molecule has 6 rings (SSSR count). The summed E-state index contributed by atoms with van der Waals surface area (Å²) >= 11 is 0. The van der Waals surface area contributed by atoms with Gasteiger partial charge in [-0.2, -0.15) is 23.8 Å². The molecule has 0 unspecified atom stereocenters. The largest absolute Gasteiger partial charge is 0.378 e. The average molecular weight is 573 g/mol. The van der Waals surface area contributed by atoms with Crippen LogP contribution in [0.25, 0.3) is 33.7 Å². The van der Waals surface area contributed by atoms with E-state index in [1.807, 2.05) is 29.2 Å². The minimum Gasteiger partial charge on any atom is -0.378 e. The number of carbonyl (C=O) groups is 1. The molecule has 0 atom stereocenters. The molecule has 4 aromatic heterocycles. The summed E-state index contributed by atoms with van der Waals surface area (Å²) in [4.78, 5) is 31.9. The van der Waals surface area contributed by atoms with Gasteiger partial charge in [0, 0.05) is 37.0 Å². The molecule has 3 N–H and O–H groups in total. The predicted octanol–water partition coefficient (Wildman–Crippen LogP) is 3.42. The molecule has 5 heterocycles. The smallest absolute Gasteiger partial charge is 0.333 e. The van der Waals surface area contributed by atoms with Gasteiger partial charge in [0.25, 0.3) is 0 Å². The van der Waals surface area contributed by atoms with E-state index in [9.17, 15) is 13.6 Å². The second-order valence-electron chi connectivity index (χ2n) is 9.54. The second kappa shape index (κ2) is 11.3. The van der Waals surface area contributed by atoms with Crippen LogP contribution in [0.4, 0.5) is 20.5 Å². The first-order chi connectivity index (χ1) is 20.4. The number of morpholine rings is 1. The van der Waals surface area contributed by atoms with Crippen molar-refractivity contribution in [1.29, 1.82) is 0 Å². The minimum absolute atomic E-state index is 0.250. The van der Waals surface area contributed by atoms with Gasteiger partial charge in [-0.1, -0.05) is 36.9 Å². The Hall–Kier alpha value is -5.24. The molecule has 1 fully saturated rings. The highest BCUT2D eigenvalue weighted by Crippen LogP contribution is 2.27. The summed E-state index contributed by atoms with van der Waals surface area (Å²) in [6, 6.07) is 11.1. The molecule has 214 valence electrons. The number of primary amides is 1. The highest BCUT2D eigenvalue weighted by atomic mass is 19.3. The Balaban J connectivity index is 1.25. The van der Waals surface area contributed by atoms with E-state index in [2.05, 4.69) is 27.0 Å². The van der Waals surface area contributed by atoms with E-state index in [-0.39, 0.29) is 5.57 Å². The average Bonchev–Trinajstić information content (AvgIpc) is 3.68. The Bertz CT molecular complexity index is 1740. The molecule has 1 aliphatic rings. The van der Waals surface area contributed by atoms with E-state index in [0.29, 0.717) is 71.7 Å². The number of pyridine rings is 1. The van der Waals surface area contributed by atoms with Gasteiger partial charge in [0.1, 0.15) is 6.33 Å². The molecule has 0 radical (unpaired) electrons. The van der Waals surface area contributed by atoms with Crippen LogP contribution in [0, 0.1) is 0 Å². The number of rotatable bonds is 9. The summed E-state index contributed by atoms with van der Waals surface area (Å²) in [6.45, 7) is 3.67. The number of nitrogens with zero attached hydrogens (tertiary/aromatic N) is 8. The Morgan fingerprint density at radius 1 is 1.07 bits per heavy atom. The molecule has 1 saturated heterocycles. The van der Waals surface area contributed by atoms with Gasteiger partial charge in [-0.25, -0.2) is 9.67 Å². The maximum atomic E-state index is 13.2. The first-order valence-corrected chi connectivity index (χ1v) is 13.1. The molecule has 0 spiro atoms. The molecule has 0 saturated carbocycles. The van der Waals surface area contributed by atoms with Gasteiger partial charge >= 0.3 is 6.55 Å². The van der Waals surface area contributed by atoms with Crippen LogP contribution in [-0.2, 0) is 16.1 Å². The lowest BCUT2D eigenvalue weighted by Gasteiger charge is -2.27. The number of ether oxygens (including phenoxy) is 1. The lowest BCUT2D eigenvalue weighted by molar-refractivity contribution is -0.112. The first kappa shape index (κ1) is 27.0. The van der Waals surface area contributed by atoms with E-state index in [1.54, 1.807) is 22.9 Å². The van der Waals surface area contributed by atoms with Crippen LogP contribution in [0.3, 0.4) is 0 Å². The molecule has 1 amide bonds. The van der Waals surface area contributed by atoms with Crippen LogP contribution >= 0.6 is 0 Å². The van der Waals surface area contributed by atoms with Crippen molar-refractivity contribution in [3.63, 3.8) is 0 Å². The number of benzene rings is 1. The number of alkyl halides is 2. The topological polar surface area (TPSA) is 142 Å². The fourth-order valence-corrected chi connectivity index (χ4v) is 4.53. The van der Waals surface area contributed by atoms with E-state index in [4.69, 9.17) is 20.4 Å². The molecule has 42 heavy (non-hydrogen) atoms. The molecular weight excluding hydrogens is 546 g/mol. The first-order valence-electron chi connectivity index (χ1n) is 13.1. The predicted molar refractivity (Wildman–Crippen MR) is 152 cm³/mol. The number of fused-ring (bicyclic) bond motifs is 1. The molecule has 0 bridgehead atoms.